The number of ether oxygens (including phenoxy) is 2. The first kappa shape index (κ1) is 27.4. The highest BCUT2D eigenvalue weighted by atomic mass is 32.2. The molecule has 2 unspecified atom stereocenters. The van der Waals surface area contributed by atoms with E-state index in [0.717, 1.165) is 59.8 Å². The normalized spacial score (nSPS) is 23.0. The number of hydrogen-bond acceptors (Lipinski definition) is 8. The summed E-state index contributed by atoms with van der Waals surface area (Å²) in [5, 5.41) is 8.27. The van der Waals surface area contributed by atoms with Gasteiger partial charge in [0.05, 0.1) is 25.3 Å². The first-order chi connectivity index (χ1) is 18.0. The summed E-state index contributed by atoms with van der Waals surface area (Å²) < 4.78 is 11.8. The third-order valence-corrected chi connectivity index (χ3v) is 8.69. The van der Waals surface area contributed by atoms with E-state index in [9.17, 15) is 4.79 Å². The van der Waals surface area contributed by atoms with Gasteiger partial charge >= 0.3 is 6.09 Å². The van der Waals surface area contributed by atoms with Crippen LogP contribution in [-0.2, 0) is 16.0 Å². The predicted molar refractivity (Wildman–Crippen MR) is 152 cm³/mol. The van der Waals surface area contributed by atoms with Crippen molar-refractivity contribution in [3.63, 3.8) is 0 Å². The summed E-state index contributed by atoms with van der Waals surface area (Å²) in [7, 11) is 0. The number of amides is 1. The SMILES string of the molecule is C=CCOC(=O)Nc1cc(C)cc(CN=C2NC=CC(CC)(N3CCOCC3)C2CSc2nccs2)c1. The van der Waals surface area contributed by atoms with Gasteiger partial charge in [0.2, 0.25) is 0 Å². The third kappa shape index (κ3) is 7.01. The lowest BCUT2D eigenvalue weighted by Gasteiger charge is -2.50. The first-order valence-electron chi connectivity index (χ1n) is 12.5. The molecule has 1 aromatic heterocycles. The molecule has 2 atom stereocenters. The minimum atomic E-state index is -0.501. The van der Waals surface area contributed by atoms with Crippen molar-refractivity contribution in [1.29, 1.82) is 0 Å². The van der Waals surface area contributed by atoms with Crippen molar-refractivity contribution in [2.75, 3.05) is 44.0 Å². The number of anilines is 1. The summed E-state index contributed by atoms with van der Waals surface area (Å²) in [5.74, 6) is 2.00. The van der Waals surface area contributed by atoms with Gasteiger partial charge in [-0.25, -0.2) is 9.78 Å². The van der Waals surface area contributed by atoms with Crippen molar-refractivity contribution >= 4 is 40.7 Å². The van der Waals surface area contributed by atoms with Crippen LogP contribution in [0.25, 0.3) is 0 Å². The molecule has 0 aliphatic carbocycles. The van der Waals surface area contributed by atoms with Crippen LogP contribution in [0.3, 0.4) is 0 Å². The fourth-order valence-corrected chi connectivity index (χ4v) is 6.82. The molecule has 2 N–H and O–H groups in total. The van der Waals surface area contributed by atoms with Gasteiger partial charge in [-0.3, -0.25) is 15.2 Å². The zero-order valence-electron chi connectivity index (χ0n) is 21.4. The second kappa shape index (κ2) is 13.2. The van der Waals surface area contributed by atoms with E-state index in [4.69, 9.17) is 14.5 Å². The van der Waals surface area contributed by atoms with Gasteiger partial charge in [0.15, 0.2) is 0 Å². The molecule has 0 bridgehead atoms. The molecule has 1 fully saturated rings. The Kier molecular flexibility index (Phi) is 9.79. The number of nitrogens with zero attached hydrogens (tertiary/aromatic N) is 3. The molecule has 3 heterocycles. The Hall–Kier alpha value is -2.66. The number of aromatic nitrogens is 1. The number of nitrogens with one attached hydrogen (secondary N) is 2. The Morgan fingerprint density at radius 2 is 2.27 bits per heavy atom. The van der Waals surface area contributed by atoms with Crippen LogP contribution in [0.2, 0.25) is 0 Å². The van der Waals surface area contributed by atoms with E-state index in [1.165, 1.54) is 0 Å². The maximum absolute atomic E-state index is 12.0. The smallest absolute Gasteiger partial charge is 0.411 e. The van der Waals surface area contributed by atoms with Crippen molar-refractivity contribution in [1.82, 2.24) is 15.2 Å². The van der Waals surface area contributed by atoms with Gasteiger partial charge < -0.3 is 14.8 Å². The summed E-state index contributed by atoms with van der Waals surface area (Å²) in [6.45, 7) is 11.8. The van der Waals surface area contributed by atoms with Crippen LogP contribution in [-0.4, -0.2) is 66.0 Å². The van der Waals surface area contributed by atoms with E-state index in [1.807, 2.05) is 36.8 Å². The minimum Gasteiger partial charge on any atom is -0.445 e. The molecule has 2 aromatic rings. The van der Waals surface area contributed by atoms with Crippen LogP contribution in [0.1, 0.15) is 24.5 Å². The van der Waals surface area contributed by atoms with Crippen LogP contribution in [0, 0.1) is 12.8 Å². The highest BCUT2D eigenvalue weighted by molar-refractivity contribution is 8.01. The van der Waals surface area contributed by atoms with E-state index < -0.39 is 6.09 Å². The van der Waals surface area contributed by atoms with Crippen molar-refractivity contribution in [2.45, 2.75) is 36.7 Å². The van der Waals surface area contributed by atoms with Gasteiger partial charge in [0.1, 0.15) is 16.8 Å². The average Bonchev–Trinajstić information content (AvgIpc) is 3.43. The zero-order chi connectivity index (χ0) is 26.1. The number of benzene rings is 1. The molecule has 37 heavy (non-hydrogen) atoms. The molecule has 1 amide bonds. The molecule has 4 rings (SSSR count). The van der Waals surface area contributed by atoms with Gasteiger partial charge in [-0.15, -0.1) is 11.3 Å². The fraction of sp³-hybridized carbons (Fsp3) is 0.444. The maximum Gasteiger partial charge on any atom is 0.411 e. The second-order valence-electron chi connectivity index (χ2n) is 9.00. The zero-order valence-corrected chi connectivity index (χ0v) is 23.1. The van der Waals surface area contributed by atoms with Gasteiger partial charge in [-0.05, 0) is 48.9 Å². The summed E-state index contributed by atoms with van der Waals surface area (Å²) >= 11 is 3.45. The highest BCUT2D eigenvalue weighted by Crippen LogP contribution is 2.38. The Morgan fingerprint density at radius 3 is 3.00 bits per heavy atom. The van der Waals surface area contributed by atoms with E-state index in [2.05, 4.69) is 46.2 Å². The minimum absolute atomic E-state index is 0.146. The Bertz CT molecular complexity index is 1120. The number of amidine groups is 1. The van der Waals surface area contributed by atoms with Crippen LogP contribution in [0.4, 0.5) is 10.5 Å². The molecule has 2 aliphatic heterocycles. The van der Waals surface area contributed by atoms with Crippen LogP contribution in [0.5, 0.6) is 0 Å². The van der Waals surface area contributed by atoms with Gasteiger partial charge in [0.25, 0.3) is 0 Å². The number of hydrogen-bond donors (Lipinski definition) is 2. The van der Waals surface area contributed by atoms with Crippen LogP contribution >= 0.6 is 23.1 Å². The summed E-state index contributed by atoms with van der Waals surface area (Å²) in [5.41, 5.74) is 2.60. The fourth-order valence-electron chi connectivity index (χ4n) is 4.92. The molecule has 1 saturated heterocycles. The van der Waals surface area contributed by atoms with Crippen molar-refractivity contribution in [3.8, 4) is 0 Å². The third-order valence-electron chi connectivity index (χ3n) is 6.63. The number of rotatable bonds is 10. The lowest BCUT2D eigenvalue weighted by atomic mass is 9.78. The van der Waals surface area contributed by atoms with Gasteiger partial charge in [-0.1, -0.05) is 37.4 Å². The van der Waals surface area contributed by atoms with Crippen LogP contribution < -0.4 is 10.6 Å². The Morgan fingerprint density at radius 1 is 1.43 bits per heavy atom. The van der Waals surface area contributed by atoms with E-state index >= 15 is 0 Å². The number of aliphatic imine (C=N–C) groups is 1. The molecule has 0 spiro atoms. The number of carbonyl (C=O) groups is 1. The van der Waals surface area contributed by atoms with E-state index in [-0.39, 0.29) is 18.1 Å². The van der Waals surface area contributed by atoms with Crippen molar-refractivity contribution in [2.24, 2.45) is 10.9 Å². The number of thiazole rings is 1. The molecule has 1 aromatic carbocycles. The van der Waals surface area contributed by atoms with E-state index in [1.54, 1.807) is 29.2 Å². The average molecular weight is 542 g/mol. The Balaban J connectivity index is 1.58. The molecule has 2 aliphatic rings. The molecule has 198 valence electrons. The van der Waals surface area contributed by atoms with Gasteiger partial charge in [0, 0.05) is 42.0 Å². The standard InChI is InChI=1S/C27H35N5O3S2/c1-4-11-35-25(33)31-22-16-20(3)15-21(17-22)18-30-24-23(19-37-26-29-8-14-36-26)27(5-2,6-7-28-24)32-9-12-34-13-10-32/h4,6-8,14-17,23H,1,5,9-13,18-19H2,2-3H3,(H,28,30)(H,31,33). The number of morpholine rings is 1. The topological polar surface area (TPSA) is 88.1 Å². The summed E-state index contributed by atoms with van der Waals surface area (Å²) in [6.07, 6.45) is 8.22. The highest BCUT2D eigenvalue weighted by Gasteiger charge is 2.45. The predicted octanol–water partition coefficient (Wildman–Crippen LogP) is 5.09. The molecule has 10 heteroatoms. The number of carbonyl (C=O) groups excluding carboxylic acids is 1. The molecule has 8 nitrogen and oxygen atoms in total. The molecule has 0 saturated carbocycles. The largest absolute Gasteiger partial charge is 0.445 e. The van der Waals surface area contributed by atoms with Crippen LogP contribution in [0.15, 0.2) is 64.0 Å². The molecule has 0 radical (unpaired) electrons. The summed E-state index contributed by atoms with van der Waals surface area (Å²) in [4.78, 5) is 24.2. The van der Waals surface area contributed by atoms with Gasteiger partial charge in [-0.2, -0.15) is 0 Å². The first-order valence-corrected chi connectivity index (χ1v) is 14.4. The number of thioether (sulfide) groups is 1. The summed E-state index contributed by atoms with van der Waals surface area (Å²) in [6, 6.07) is 5.96. The molecular formula is C27H35N5O3S2. The molecular weight excluding hydrogens is 506 g/mol. The number of aryl methyl sites for hydroxylation is 1. The van der Waals surface area contributed by atoms with E-state index in [0.29, 0.717) is 12.2 Å². The second-order valence-corrected chi connectivity index (χ2v) is 11.2. The lowest BCUT2D eigenvalue weighted by Crippen LogP contribution is -2.61. The quantitative estimate of drug-likeness (QED) is 0.320. The Labute approximate surface area is 227 Å². The van der Waals surface area contributed by atoms with Crippen molar-refractivity contribution < 1.29 is 14.3 Å². The maximum atomic E-state index is 12.0. The lowest BCUT2D eigenvalue weighted by molar-refractivity contribution is -0.0172. The monoisotopic (exact) mass is 541 g/mol. The van der Waals surface area contributed by atoms with Crippen molar-refractivity contribution in [3.05, 3.63) is 65.8 Å².